The third-order valence-electron chi connectivity index (χ3n) is 1.41. The smallest absolute Gasteiger partial charge is 0.399 e. The molecule has 0 bridgehead atoms. The second-order valence-corrected chi connectivity index (χ2v) is 3.27. The minimum atomic E-state index is 0.248. The Morgan fingerprint density at radius 3 is 3.00 bits per heavy atom. The van der Waals surface area contributed by atoms with E-state index in [4.69, 9.17) is 9.15 Å². The third-order valence-corrected chi connectivity index (χ3v) is 1.90. The molecule has 1 aromatic heterocycles. The lowest BCUT2D eigenvalue weighted by Crippen LogP contribution is -1.82. The average Bonchev–Trinajstić information content (AvgIpc) is 2.57. The number of aromatic nitrogens is 1. The Balaban J connectivity index is 2.19. The second-order valence-electron chi connectivity index (χ2n) is 2.36. The van der Waals surface area contributed by atoms with E-state index in [0.29, 0.717) is 5.75 Å². The third kappa shape index (κ3) is 2.09. The molecule has 2 aromatic rings. The van der Waals surface area contributed by atoms with E-state index in [2.05, 4.69) is 20.9 Å². The molecule has 0 fully saturated rings. The number of oxazole rings is 1. The summed E-state index contributed by atoms with van der Waals surface area (Å²) in [5.74, 6) is 0.692. The van der Waals surface area contributed by atoms with Gasteiger partial charge in [0.15, 0.2) is 0 Å². The fraction of sp³-hybridized carbons (Fsp3) is 0. The Hall–Kier alpha value is -1.29. The molecule has 0 saturated carbocycles. The van der Waals surface area contributed by atoms with Crippen molar-refractivity contribution in [2.24, 2.45) is 0 Å². The van der Waals surface area contributed by atoms with E-state index in [1.807, 2.05) is 24.3 Å². The monoisotopic (exact) mass is 239 g/mol. The number of ether oxygens (including phenoxy) is 1. The van der Waals surface area contributed by atoms with Crippen LogP contribution in [0.15, 0.2) is 45.6 Å². The Labute approximate surface area is 83.5 Å². The molecule has 0 unspecified atom stereocenters. The van der Waals surface area contributed by atoms with Crippen molar-refractivity contribution < 1.29 is 9.15 Å². The van der Waals surface area contributed by atoms with Crippen molar-refractivity contribution in [3.63, 3.8) is 0 Å². The van der Waals surface area contributed by atoms with Gasteiger partial charge in [0, 0.05) is 4.47 Å². The average molecular weight is 240 g/mol. The molecule has 0 amide bonds. The maximum atomic E-state index is 5.29. The predicted molar refractivity (Wildman–Crippen MR) is 50.7 cm³/mol. The van der Waals surface area contributed by atoms with Crippen molar-refractivity contribution in [3.8, 4) is 11.8 Å². The predicted octanol–water partition coefficient (Wildman–Crippen LogP) is 3.23. The molecule has 3 nitrogen and oxygen atoms in total. The van der Waals surface area contributed by atoms with Gasteiger partial charge in [-0.2, -0.15) is 4.98 Å². The summed E-state index contributed by atoms with van der Waals surface area (Å²) in [6.45, 7) is 0. The van der Waals surface area contributed by atoms with Gasteiger partial charge in [0.25, 0.3) is 0 Å². The molecule has 66 valence electrons. The highest BCUT2D eigenvalue weighted by Crippen LogP contribution is 2.22. The van der Waals surface area contributed by atoms with Crippen LogP contribution in [0.3, 0.4) is 0 Å². The lowest BCUT2D eigenvalue weighted by atomic mass is 10.3. The first-order chi connectivity index (χ1) is 6.34. The first kappa shape index (κ1) is 8.31. The molecule has 0 saturated heterocycles. The fourth-order valence-corrected chi connectivity index (χ4v) is 1.27. The summed E-state index contributed by atoms with van der Waals surface area (Å²) in [4.78, 5) is 3.84. The minimum absolute atomic E-state index is 0.248. The molecular formula is C9H6BrNO2. The van der Waals surface area contributed by atoms with Crippen molar-refractivity contribution >= 4 is 15.9 Å². The topological polar surface area (TPSA) is 35.3 Å². The summed E-state index contributed by atoms with van der Waals surface area (Å²) >= 11 is 3.34. The van der Waals surface area contributed by atoms with Crippen LogP contribution in [0.25, 0.3) is 0 Å². The van der Waals surface area contributed by atoms with Crippen LogP contribution in [0.2, 0.25) is 0 Å². The number of benzene rings is 1. The summed E-state index contributed by atoms with van der Waals surface area (Å²) in [7, 11) is 0. The van der Waals surface area contributed by atoms with Gasteiger partial charge in [-0.25, -0.2) is 0 Å². The van der Waals surface area contributed by atoms with Gasteiger partial charge >= 0.3 is 6.08 Å². The van der Waals surface area contributed by atoms with Crippen LogP contribution < -0.4 is 4.74 Å². The summed E-state index contributed by atoms with van der Waals surface area (Å²) in [6.07, 6.45) is 3.25. The number of halogens is 1. The Bertz CT molecular complexity index is 386. The van der Waals surface area contributed by atoms with Gasteiger partial charge in [-0.3, -0.25) is 0 Å². The number of rotatable bonds is 2. The van der Waals surface area contributed by atoms with Crippen molar-refractivity contribution in [1.82, 2.24) is 4.98 Å². The van der Waals surface area contributed by atoms with Crippen LogP contribution in [-0.2, 0) is 0 Å². The highest BCUT2D eigenvalue weighted by molar-refractivity contribution is 9.10. The number of hydrogen-bond acceptors (Lipinski definition) is 3. The first-order valence-corrected chi connectivity index (χ1v) is 4.47. The maximum Gasteiger partial charge on any atom is 0.399 e. The summed E-state index contributed by atoms with van der Waals surface area (Å²) in [5, 5.41) is 0. The van der Waals surface area contributed by atoms with E-state index in [-0.39, 0.29) is 6.08 Å². The Morgan fingerprint density at radius 1 is 1.38 bits per heavy atom. The lowest BCUT2D eigenvalue weighted by Gasteiger charge is -1.99. The van der Waals surface area contributed by atoms with Gasteiger partial charge in [0.05, 0.1) is 6.20 Å². The van der Waals surface area contributed by atoms with Crippen molar-refractivity contribution in [3.05, 3.63) is 41.2 Å². The van der Waals surface area contributed by atoms with Crippen LogP contribution in [0, 0.1) is 0 Å². The molecule has 0 aliphatic rings. The van der Waals surface area contributed by atoms with E-state index < -0.39 is 0 Å². The van der Waals surface area contributed by atoms with E-state index in [9.17, 15) is 0 Å². The molecule has 0 spiro atoms. The van der Waals surface area contributed by atoms with E-state index >= 15 is 0 Å². The van der Waals surface area contributed by atoms with Crippen molar-refractivity contribution in [1.29, 1.82) is 0 Å². The molecular weight excluding hydrogens is 234 g/mol. The van der Waals surface area contributed by atoms with Crippen LogP contribution in [0.1, 0.15) is 0 Å². The van der Waals surface area contributed by atoms with Crippen LogP contribution in [-0.4, -0.2) is 4.98 Å². The summed E-state index contributed by atoms with van der Waals surface area (Å²) in [5.41, 5.74) is 0. The molecule has 2 rings (SSSR count). The minimum Gasteiger partial charge on any atom is -0.417 e. The van der Waals surface area contributed by atoms with Crippen LogP contribution in [0.4, 0.5) is 0 Å². The molecule has 0 aliphatic heterocycles. The van der Waals surface area contributed by atoms with Crippen molar-refractivity contribution in [2.75, 3.05) is 0 Å². The van der Waals surface area contributed by atoms with E-state index in [1.165, 1.54) is 12.5 Å². The summed E-state index contributed by atoms with van der Waals surface area (Å²) in [6, 6.07) is 7.46. The number of hydrogen-bond donors (Lipinski definition) is 0. The van der Waals surface area contributed by atoms with Crippen LogP contribution in [0.5, 0.6) is 11.8 Å². The summed E-state index contributed by atoms with van der Waals surface area (Å²) < 4.78 is 11.2. The molecule has 0 radical (unpaired) electrons. The molecule has 4 heteroatoms. The molecule has 0 atom stereocenters. The zero-order chi connectivity index (χ0) is 9.10. The fourth-order valence-electron chi connectivity index (χ4n) is 0.892. The normalized spacial score (nSPS) is 9.92. The molecule has 0 aliphatic carbocycles. The second kappa shape index (κ2) is 3.62. The Kier molecular flexibility index (Phi) is 2.31. The van der Waals surface area contributed by atoms with Gasteiger partial charge < -0.3 is 9.15 Å². The van der Waals surface area contributed by atoms with Gasteiger partial charge in [-0.15, -0.1) is 0 Å². The maximum absolute atomic E-state index is 5.29. The molecule has 1 heterocycles. The zero-order valence-electron chi connectivity index (χ0n) is 6.61. The van der Waals surface area contributed by atoms with Gasteiger partial charge in [-0.1, -0.05) is 22.0 Å². The molecule has 1 aromatic carbocycles. The van der Waals surface area contributed by atoms with E-state index in [1.54, 1.807) is 0 Å². The zero-order valence-corrected chi connectivity index (χ0v) is 8.19. The van der Waals surface area contributed by atoms with Gasteiger partial charge in [-0.05, 0) is 18.2 Å². The number of nitrogens with zero attached hydrogens (tertiary/aromatic N) is 1. The van der Waals surface area contributed by atoms with Crippen molar-refractivity contribution in [2.45, 2.75) is 0 Å². The Morgan fingerprint density at radius 2 is 2.31 bits per heavy atom. The van der Waals surface area contributed by atoms with Gasteiger partial charge in [0.1, 0.15) is 12.0 Å². The standard InChI is InChI=1S/C9H6BrNO2/c10-7-2-1-3-8(6-7)13-9-11-4-5-12-9/h1-6H. The largest absolute Gasteiger partial charge is 0.417 e. The lowest BCUT2D eigenvalue weighted by molar-refractivity contribution is 0.330. The quantitative estimate of drug-likeness (QED) is 0.808. The highest BCUT2D eigenvalue weighted by Gasteiger charge is 2.00. The SMILES string of the molecule is Brc1cccc(Oc2ncco2)c1. The molecule has 13 heavy (non-hydrogen) atoms. The van der Waals surface area contributed by atoms with Gasteiger partial charge in [0.2, 0.25) is 0 Å². The highest BCUT2D eigenvalue weighted by atomic mass is 79.9. The van der Waals surface area contributed by atoms with E-state index in [0.717, 1.165) is 4.47 Å². The molecule has 0 N–H and O–H groups in total. The van der Waals surface area contributed by atoms with Crippen LogP contribution >= 0.6 is 15.9 Å². The first-order valence-electron chi connectivity index (χ1n) is 3.67.